The molecule has 0 aromatic heterocycles. The Kier molecular flexibility index (Phi) is 8.13. The number of carbonyl (C=O) groups excluding carboxylic acids is 2. The molecule has 0 radical (unpaired) electrons. The van der Waals surface area contributed by atoms with Gasteiger partial charge >= 0.3 is 5.97 Å². The van der Waals surface area contributed by atoms with Crippen LogP contribution in [0.25, 0.3) is 0 Å². The number of hydrogen-bond donors (Lipinski definition) is 3. The van der Waals surface area contributed by atoms with Gasteiger partial charge in [-0.05, 0) is 25.8 Å². The molecule has 0 aliphatic rings. The summed E-state index contributed by atoms with van der Waals surface area (Å²) < 4.78 is 0. The van der Waals surface area contributed by atoms with Crippen molar-refractivity contribution in [3.63, 3.8) is 0 Å². The second-order valence-corrected chi connectivity index (χ2v) is 5.92. The Labute approximate surface area is 147 Å². The molecule has 2 amide bonds. The molecule has 3 atom stereocenters. The van der Waals surface area contributed by atoms with Crippen LogP contribution in [-0.2, 0) is 14.4 Å². The Bertz CT molecular complexity index is 639. The number of rotatable bonds is 9. The highest BCUT2D eigenvalue weighted by Gasteiger charge is 2.22. The van der Waals surface area contributed by atoms with Gasteiger partial charge in [0.1, 0.15) is 6.04 Å². The lowest BCUT2D eigenvalue weighted by Crippen LogP contribution is -2.42. The third-order valence-corrected chi connectivity index (χ3v) is 3.70. The van der Waals surface area contributed by atoms with E-state index in [1.165, 1.54) is 0 Å². The summed E-state index contributed by atoms with van der Waals surface area (Å²) in [7, 11) is 0. The fourth-order valence-electron chi connectivity index (χ4n) is 2.26. The van der Waals surface area contributed by atoms with E-state index in [0.717, 1.165) is 5.56 Å². The number of nitriles is 1. The van der Waals surface area contributed by atoms with Crippen LogP contribution < -0.4 is 10.6 Å². The highest BCUT2D eigenvalue weighted by molar-refractivity contribution is 5.87. The molecule has 3 N–H and O–H groups in total. The first kappa shape index (κ1) is 20.2. The Morgan fingerprint density at radius 2 is 1.64 bits per heavy atom. The van der Waals surface area contributed by atoms with E-state index in [-0.39, 0.29) is 31.2 Å². The molecule has 7 nitrogen and oxygen atoms in total. The number of carboxylic acids is 1. The van der Waals surface area contributed by atoms with Crippen LogP contribution in [0.1, 0.15) is 44.7 Å². The van der Waals surface area contributed by atoms with Crippen LogP contribution in [0, 0.1) is 17.2 Å². The van der Waals surface area contributed by atoms with E-state index in [4.69, 9.17) is 10.4 Å². The molecule has 0 aliphatic carbocycles. The normalized spacial score (nSPS) is 13.8. The molecule has 1 aromatic carbocycles. The van der Waals surface area contributed by atoms with E-state index in [1.807, 2.05) is 43.3 Å². The highest BCUT2D eigenvalue weighted by atomic mass is 16.4. The summed E-state index contributed by atoms with van der Waals surface area (Å²) in [6.07, 6.45) is -0.129. The highest BCUT2D eigenvalue weighted by Crippen LogP contribution is 2.11. The molecule has 0 saturated heterocycles. The summed E-state index contributed by atoms with van der Waals surface area (Å²) in [6, 6.07) is 10.0. The van der Waals surface area contributed by atoms with Crippen molar-refractivity contribution in [3.8, 4) is 6.07 Å². The second kappa shape index (κ2) is 10.1. The number of benzene rings is 1. The zero-order valence-corrected chi connectivity index (χ0v) is 14.4. The molecule has 1 rings (SSSR count). The number of aliphatic carboxylic acids is 1. The third kappa shape index (κ3) is 7.48. The summed E-state index contributed by atoms with van der Waals surface area (Å²) in [5.74, 6) is -2.50. The zero-order valence-electron chi connectivity index (χ0n) is 14.4. The van der Waals surface area contributed by atoms with E-state index >= 15 is 0 Å². The average molecular weight is 345 g/mol. The lowest BCUT2D eigenvalue weighted by Gasteiger charge is -2.16. The van der Waals surface area contributed by atoms with Gasteiger partial charge in [-0.3, -0.25) is 9.59 Å². The fraction of sp³-hybridized carbons (Fsp3) is 0.444. The predicted octanol–water partition coefficient (Wildman–Crippen LogP) is 1.76. The van der Waals surface area contributed by atoms with Crippen LogP contribution in [0.15, 0.2) is 30.3 Å². The van der Waals surface area contributed by atoms with Crippen molar-refractivity contribution < 1.29 is 19.5 Å². The van der Waals surface area contributed by atoms with Crippen molar-refractivity contribution in [1.82, 2.24) is 10.6 Å². The van der Waals surface area contributed by atoms with Crippen molar-refractivity contribution >= 4 is 17.8 Å². The van der Waals surface area contributed by atoms with Crippen LogP contribution in [0.4, 0.5) is 0 Å². The molecule has 0 spiro atoms. The number of carboxylic acid groups (broad SMARTS) is 1. The predicted molar refractivity (Wildman–Crippen MR) is 91.2 cm³/mol. The molecule has 0 fully saturated rings. The Hall–Kier alpha value is -2.88. The molecule has 0 saturated carbocycles. The maximum Gasteiger partial charge on any atom is 0.326 e. The number of amides is 2. The number of carbonyl (C=O) groups is 3. The molecular weight excluding hydrogens is 322 g/mol. The van der Waals surface area contributed by atoms with Gasteiger partial charge < -0.3 is 15.7 Å². The summed E-state index contributed by atoms with van der Waals surface area (Å²) in [4.78, 5) is 34.9. The Balaban J connectivity index is 2.43. The first-order chi connectivity index (χ1) is 11.8. The quantitative estimate of drug-likeness (QED) is 0.630. The van der Waals surface area contributed by atoms with Crippen LogP contribution in [0.5, 0.6) is 0 Å². The summed E-state index contributed by atoms with van der Waals surface area (Å²) >= 11 is 0. The monoisotopic (exact) mass is 345 g/mol. The number of hydrogen-bond acceptors (Lipinski definition) is 4. The summed E-state index contributed by atoms with van der Waals surface area (Å²) in [5, 5.41) is 23.0. The minimum atomic E-state index is -1.20. The maximum atomic E-state index is 11.9. The molecule has 0 aliphatic heterocycles. The third-order valence-electron chi connectivity index (χ3n) is 3.70. The van der Waals surface area contributed by atoms with Gasteiger partial charge in [0.2, 0.25) is 11.8 Å². The lowest BCUT2D eigenvalue weighted by atomic mass is 10.0. The molecule has 0 heterocycles. The second-order valence-electron chi connectivity index (χ2n) is 5.92. The zero-order chi connectivity index (χ0) is 18.8. The largest absolute Gasteiger partial charge is 0.480 e. The van der Waals surface area contributed by atoms with Crippen molar-refractivity contribution in [3.05, 3.63) is 35.9 Å². The van der Waals surface area contributed by atoms with Gasteiger partial charge in [0.25, 0.3) is 0 Å². The minimum Gasteiger partial charge on any atom is -0.480 e. The van der Waals surface area contributed by atoms with Gasteiger partial charge in [0, 0.05) is 18.8 Å². The SMILES string of the molecule is C[C@@H](C#N)C[C@H](NC(=O)CCC(=O)N[C@H](C)c1ccccc1)C(=O)O. The van der Waals surface area contributed by atoms with E-state index in [1.54, 1.807) is 6.92 Å². The molecular formula is C18H23N3O4. The summed E-state index contributed by atoms with van der Waals surface area (Å²) in [6.45, 7) is 3.43. The van der Waals surface area contributed by atoms with Gasteiger partial charge in [-0.25, -0.2) is 4.79 Å². The Morgan fingerprint density at radius 1 is 1.08 bits per heavy atom. The number of nitrogens with zero attached hydrogens (tertiary/aromatic N) is 1. The van der Waals surface area contributed by atoms with Gasteiger partial charge in [0.05, 0.1) is 12.1 Å². The average Bonchev–Trinajstić information content (AvgIpc) is 2.59. The molecule has 0 bridgehead atoms. The summed E-state index contributed by atoms with van der Waals surface area (Å²) in [5.41, 5.74) is 0.955. The van der Waals surface area contributed by atoms with Crippen LogP contribution in [-0.4, -0.2) is 28.9 Å². The van der Waals surface area contributed by atoms with Crippen molar-refractivity contribution in [2.75, 3.05) is 0 Å². The van der Waals surface area contributed by atoms with E-state index in [0.29, 0.717) is 0 Å². The topological polar surface area (TPSA) is 119 Å². The van der Waals surface area contributed by atoms with Gasteiger partial charge in [-0.2, -0.15) is 5.26 Å². The minimum absolute atomic E-state index is 0.0226. The molecule has 7 heteroatoms. The first-order valence-electron chi connectivity index (χ1n) is 8.09. The molecule has 25 heavy (non-hydrogen) atoms. The molecule has 134 valence electrons. The van der Waals surface area contributed by atoms with Crippen molar-refractivity contribution in [1.29, 1.82) is 5.26 Å². The van der Waals surface area contributed by atoms with E-state index < -0.39 is 23.8 Å². The van der Waals surface area contributed by atoms with Gasteiger partial charge in [-0.1, -0.05) is 30.3 Å². The van der Waals surface area contributed by atoms with E-state index in [2.05, 4.69) is 10.6 Å². The van der Waals surface area contributed by atoms with Gasteiger partial charge in [-0.15, -0.1) is 0 Å². The maximum absolute atomic E-state index is 11.9. The van der Waals surface area contributed by atoms with Crippen molar-refractivity contribution in [2.24, 2.45) is 5.92 Å². The van der Waals surface area contributed by atoms with E-state index in [9.17, 15) is 14.4 Å². The fourth-order valence-corrected chi connectivity index (χ4v) is 2.26. The standard InChI is InChI=1S/C18H23N3O4/c1-12(11-19)10-15(18(24)25)21-17(23)9-8-16(22)20-13(2)14-6-4-3-5-7-14/h3-7,12-13,15H,8-10H2,1-2H3,(H,20,22)(H,21,23)(H,24,25)/t12-,13-,15+/m1/s1. The van der Waals surface area contributed by atoms with Crippen LogP contribution in [0.2, 0.25) is 0 Å². The lowest BCUT2D eigenvalue weighted by molar-refractivity contribution is -0.142. The first-order valence-corrected chi connectivity index (χ1v) is 8.09. The van der Waals surface area contributed by atoms with Gasteiger partial charge in [0.15, 0.2) is 0 Å². The van der Waals surface area contributed by atoms with Crippen molar-refractivity contribution in [2.45, 2.75) is 45.2 Å². The van der Waals surface area contributed by atoms with Crippen LogP contribution >= 0.6 is 0 Å². The van der Waals surface area contributed by atoms with Crippen LogP contribution in [0.3, 0.4) is 0 Å². The Morgan fingerprint density at radius 3 is 2.16 bits per heavy atom. The molecule has 1 aromatic rings. The number of nitrogens with one attached hydrogen (secondary N) is 2. The molecule has 0 unspecified atom stereocenters. The smallest absolute Gasteiger partial charge is 0.326 e.